The minimum Gasteiger partial charge on any atom is -0.479 e. The molecule has 2 aromatic heterocycles. The molecule has 2 atom stereocenters. The van der Waals surface area contributed by atoms with Crippen LogP contribution in [-0.4, -0.2) is 41.0 Å². The van der Waals surface area contributed by atoms with Gasteiger partial charge in [0.15, 0.2) is 0 Å². The zero-order valence-corrected chi connectivity index (χ0v) is 14.9. The molecule has 1 saturated heterocycles. The Morgan fingerprint density at radius 1 is 1.37 bits per heavy atom. The molecule has 4 rings (SSSR count). The number of H-pyrrole nitrogens is 1. The number of anilines is 1. The molecule has 8 heteroatoms. The van der Waals surface area contributed by atoms with Crippen LogP contribution in [0.1, 0.15) is 24.4 Å². The highest BCUT2D eigenvalue weighted by atomic mass is 16.5. The summed E-state index contributed by atoms with van der Waals surface area (Å²) in [5.74, 6) is 0.890. The number of aromatic nitrogens is 3. The predicted octanol–water partition coefficient (Wildman–Crippen LogP) is 3.01. The van der Waals surface area contributed by atoms with Gasteiger partial charge in [0.05, 0.1) is 30.2 Å². The maximum atomic E-state index is 12.6. The molecule has 27 heavy (non-hydrogen) atoms. The minimum atomic E-state index is -0.335. The van der Waals surface area contributed by atoms with Gasteiger partial charge in [0.1, 0.15) is 5.82 Å². The molecular weight excluding hydrogens is 346 g/mol. The Morgan fingerprint density at radius 2 is 2.22 bits per heavy atom. The first-order valence-electron chi connectivity index (χ1n) is 8.87. The van der Waals surface area contributed by atoms with E-state index < -0.39 is 0 Å². The lowest BCUT2D eigenvalue weighted by Crippen LogP contribution is -2.38. The number of amides is 2. The minimum absolute atomic E-state index is 0.0366. The largest absolute Gasteiger partial charge is 0.479 e. The average Bonchev–Trinajstić information content (AvgIpc) is 3.36. The van der Waals surface area contributed by atoms with Crippen molar-refractivity contribution in [3.63, 3.8) is 0 Å². The lowest BCUT2D eigenvalue weighted by molar-refractivity contribution is 0.0815. The Kier molecular flexibility index (Phi) is 4.88. The fourth-order valence-electron chi connectivity index (χ4n) is 3.32. The fraction of sp³-hybridized carbons (Fsp3) is 0.316. The van der Waals surface area contributed by atoms with Crippen LogP contribution in [0.3, 0.4) is 0 Å². The van der Waals surface area contributed by atoms with Crippen LogP contribution < -0.4 is 15.4 Å². The molecule has 3 N–H and O–H groups in total. The number of hydrogen-bond acceptors (Lipinski definition) is 5. The summed E-state index contributed by atoms with van der Waals surface area (Å²) in [5, 5.41) is 13.5. The number of ether oxygens (including phenoxy) is 2. The molecule has 3 aromatic rings. The third-order valence-corrected chi connectivity index (χ3v) is 4.63. The number of rotatable bonds is 5. The monoisotopic (exact) mass is 367 g/mol. The highest BCUT2D eigenvalue weighted by Gasteiger charge is 2.28. The standard InChI is InChI=1S/C19H21N5O3/c1-26-18-13-11-20-16(10-14(13)23-24-18)21-19(25)22-17(15-8-5-9-27-15)12-6-3-2-4-7-12/h2-4,6-7,10-11,15,17H,5,8-9H2,1H3,(H,23,24)(H2,20,21,22,25)/t15-,17+/m1/s1. The first-order chi connectivity index (χ1) is 13.2. The molecule has 3 heterocycles. The van der Waals surface area contributed by atoms with E-state index in [1.807, 2.05) is 30.3 Å². The van der Waals surface area contributed by atoms with Gasteiger partial charge in [-0.15, -0.1) is 5.10 Å². The Balaban J connectivity index is 1.49. The second kappa shape index (κ2) is 7.63. The van der Waals surface area contributed by atoms with Gasteiger partial charge in [0, 0.05) is 18.9 Å². The number of benzene rings is 1. The smallest absolute Gasteiger partial charge is 0.320 e. The summed E-state index contributed by atoms with van der Waals surface area (Å²) in [6.07, 6.45) is 3.49. The second-order valence-corrected chi connectivity index (χ2v) is 6.39. The van der Waals surface area contributed by atoms with Crippen LogP contribution in [0, 0.1) is 0 Å². The van der Waals surface area contributed by atoms with E-state index in [1.165, 1.54) is 0 Å². The van der Waals surface area contributed by atoms with Crippen molar-refractivity contribution in [1.29, 1.82) is 0 Å². The molecule has 0 saturated carbocycles. The average molecular weight is 367 g/mol. The van der Waals surface area contributed by atoms with Crippen molar-refractivity contribution < 1.29 is 14.3 Å². The number of carbonyl (C=O) groups is 1. The normalized spacial score (nSPS) is 17.6. The van der Waals surface area contributed by atoms with E-state index in [1.54, 1.807) is 19.4 Å². The Morgan fingerprint density at radius 3 is 2.96 bits per heavy atom. The van der Waals surface area contributed by atoms with E-state index >= 15 is 0 Å². The molecule has 1 aliphatic heterocycles. The van der Waals surface area contributed by atoms with E-state index in [0.29, 0.717) is 11.7 Å². The summed E-state index contributed by atoms with van der Waals surface area (Å²) in [5.41, 5.74) is 1.75. The number of nitrogens with zero attached hydrogens (tertiary/aromatic N) is 2. The molecule has 140 valence electrons. The summed E-state index contributed by atoms with van der Waals surface area (Å²) < 4.78 is 11.0. The molecular formula is C19H21N5O3. The summed E-state index contributed by atoms with van der Waals surface area (Å²) in [4.78, 5) is 16.8. The maximum Gasteiger partial charge on any atom is 0.320 e. The van der Waals surface area contributed by atoms with Crippen LogP contribution in [0.5, 0.6) is 5.88 Å². The quantitative estimate of drug-likeness (QED) is 0.643. The van der Waals surface area contributed by atoms with Crippen molar-refractivity contribution in [3.05, 3.63) is 48.2 Å². The summed E-state index contributed by atoms with van der Waals surface area (Å²) >= 11 is 0. The Bertz CT molecular complexity index is 921. The molecule has 0 spiro atoms. The van der Waals surface area contributed by atoms with E-state index in [-0.39, 0.29) is 18.2 Å². The van der Waals surface area contributed by atoms with E-state index in [4.69, 9.17) is 9.47 Å². The van der Waals surface area contributed by atoms with Crippen molar-refractivity contribution in [2.45, 2.75) is 25.0 Å². The highest BCUT2D eigenvalue weighted by molar-refractivity contribution is 5.92. The van der Waals surface area contributed by atoms with Gasteiger partial charge in [-0.05, 0) is 18.4 Å². The highest BCUT2D eigenvalue weighted by Crippen LogP contribution is 2.27. The van der Waals surface area contributed by atoms with Gasteiger partial charge in [-0.1, -0.05) is 30.3 Å². The molecule has 8 nitrogen and oxygen atoms in total. The maximum absolute atomic E-state index is 12.6. The van der Waals surface area contributed by atoms with Gasteiger partial charge < -0.3 is 14.8 Å². The number of carbonyl (C=O) groups excluding carboxylic acids is 1. The third-order valence-electron chi connectivity index (χ3n) is 4.63. The molecule has 1 aromatic carbocycles. The molecule has 0 aliphatic carbocycles. The van der Waals surface area contributed by atoms with Crippen molar-refractivity contribution >= 4 is 22.8 Å². The molecule has 2 amide bonds. The number of pyridine rings is 1. The van der Waals surface area contributed by atoms with Gasteiger partial charge in [-0.2, -0.15) is 0 Å². The number of aromatic amines is 1. The van der Waals surface area contributed by atoms with Gasteiger partial charge in [0.2, 0.25) is 5.88 Å². The van der Waals surface area contributed by atoms with Crippen LogP contribution in [0.25, 0.3) is 10.9 Å². The number of hydrogen-bond donors (Lipinski definition) is 3. The lowest BCUT2D eigenvalue weighted by Gasteiger charge is -2.24. The predicted molar refractivity (Wildman–Crippen MR) is 101 cm³/mol. The number of nitrogens with one attached hydrogen (secondary N) is 3. The van der Waals surface area contributed by atoms with Crippen molar-refractivity contribution in [2.24, 2.45) is 0 Å². The first-order valence-corrected chi connectivity index (χ1v) is 8.87. The number of fused-ring (bicyclic) bond motifs is 1. The number of urea groups is 1. The van der Waals surface area contributed by atoms with E-state index in [9.17, 15) is 4.79 Å². The zero-order chi connectivity index (χ0) is 18.6. The Hall–Kier alpha value is -3.13. The third kappa shape index (κ3) is 3.70. The van der Waals surface area contributed by atoms with Crippen molar-refractivity contribution in [3.8, 4) is 5.88 Å². The van der Waals surface area contributed by atoms with Gasteiger partial charge in [-0.3, -0.25) is 10.4 Å². The van der Waals surface area contributed by atoms with Crippen LogP contribution in [-0.2, 0) is 4.74 Å². The van der Waals surface area contributed by atoms with Crippen LogP contribution >= 0.6 is 0 Å². The van der Waals surface area contributed by atoms with E-state index in [2.05, 4.69) is 25.8 Å². The molecule has 0 bridgehead atoms. The molecule has 0 radical (unpaired) electrons. The summed E-state index contributed by atoms with van der Waals surface area (Å²) in [7, 11) is 1.55. The molecule has 1 aliphatic rings. The lowest BCUT2D eigenvalue weighted by atomic mass is 9.99. The fourth-order valence-corrected chi connectivity index (χ4v) is 3.32. The zero-order valence-electron chi connectivity index (χ0n) is 14.9. The van der Waals surface area contributed by atoms with Crippen LogP contribution in [0.15, 0.2) is 42.6 Å². The van der Waals surface area contributed by atoms with Crippen molar-refractivity contribution in [2.75, 3.05) is 19.0 Å². The molecule has 1 fully saturated rings. The van der Waals surface area contributed by atoms with Crippen LogP contribution in [0.2, 0.25) is 0 Å². The van der Waals surface area contributed by atoms with Crippen molar-refractivity contribution in [1.82, 2.24) is 20.5 Å². The number of methoxy groups -OCH3 is 1. The summed E-state index contributed by atoms with van der Waals surface area (Å²) in [6.45, 7) is 0.719. The van der Waals surface area contributed by atoms with Crippen LogP contribution in [0.4, 0.5) is 10.6 Å². The Labute approximate surface area is 156 Å². The molecule has 0 unspecified atom stereocenters. The summed E-state index contributed by atoms with van der Waals surface area (Å²) in [6, 6.07) is 11.0. The van der Waals surface area contributed by atoms with Gasteiger partial charge >= 0.3 is 6.03 Å². The first kappa shape index (κ1) is 17.3. The van der Waals surface area contributed by atoms with Gasteiger partial charge in [-0.25, -0.2) is 9.78 Å². The van der Waals surface area contributed by atoms with E-state index in [0.717, 1.165) is 35.9 Å². The second-order valence-electron chi connectivity index (χ2n) is 6.39. The SMILES string of the molecule is COc1n[nH]c2cc(NC(=O)N[C@@H](c3ccccc3)[C@H]3CCCO3)ncc12. The van der Waals surface area contributed by atoms with Gasteiger partial charge in [0.25, 0.3) is 0 Å². The topological polar surface area (TPSA) is 101 Å².